The van der Waals surface area contributed by atoms with E-state index in [4.69, 9.17) is 0 Å². The average molecular weight is 445 g/mol. The maximum Gasteiger partial charge on any atom is 0.419 e. The van der Waals surface area contributed by atoms with Crippen LogP contribution in [0.3, 0.4) is 0 Å². The molecule has 3 heterocycles. The van der Waals surface area contributed by atoms with E-state index < -0.39 is 11.7 Å². The molecule has 0 aliphatic carbocycles. The van der Waals surface area contributed by atoms with Crippen molar-refractivity contribution in [2.24, 2.45) is 7.05 Å². The molecule has 11 heteroatoms. The van der Waals surface area contributed by atoms with Gasteiger partial charge in [-0.2, -0.15) is 23.4 Å². The van der Waals surface area contributed by atoms with Crippen molar-refractivity contribution in [3.63, 3.8) is 0 Å². The molecule has 1 N–H and O–H groups in total. The first-order valence-electron chi connectivity index (χ1n) is 9.58. The van der Waals surface area contributed by atoms with E-state index in [1.165, 1.54) is 38.4 Å². The van der Waals surface area contributed by atoms with E-state index in [-0.39, 0.29) is 23.0 Å². The normalized spacial score (nSPS) is 11.8. The molecule has 0 spiro atoms. The molecule has 166 valence electrons. The fourth-order valence-electron chi connectivity index (χ4n) is 3.69. The Hall–Kier alpha value is -3.76. The molecule has 0 saturated heterocycles. The van der Waals surface area contributed by atoms with Crippen molar-refractivity contribution in [1.29, 1.82) is 0 Å². The minimum atomic E-state index is -4.51. The van der Waals surface area contributed by atoms with E-state index in [2.05, 4.69) is 25.5 Å². The zero-order valence-electron chi connectivity index (χ0n) is 17.7. The number of anilines is 2. The molecule has 0 radical (unpaired) electrons. The molecule has 0 bridgehead atoms. The molecule has 0 fully saturated rings. The fraction of sp³-hybridized carbons (Fsp3) is 0.238. The second-order valence-corrected chi connectivity index (χ2v) is 7.29. The summed E-state index contributed by atoms with van der Waals surface area (Å²) in [5.74, 6) is 0.688. The highest BCUT2D eigenvalue weighted by Gasteiger charge is 2.37. The molecule has 7 nitrogen and oxygen atoms in total. The van der Waals surface area contributed by atoms with Crippen LogP contribution < -0.4 is 5.32 Å². The Morgan fingerprint density at radius 1 is 0.969 bits per heavy atom. The molecule has 0 aliphatic heterocycles. The van der Waals surface area contributed by atoms with Crippen molar-refractivity contribution < 1.29 is 17.6 Å². The molecule has 0 aliphatic rings. The largest absolute Gasteiger partial charge is 0.419 e. The minimum Gasteiger partial charge on any atom is -0.323 e. The SMILES string of the molecule is Cc1nn(-c2cc(Nc3nn(C)c(-c4ccc(F)cc4)c3C)ncn2)c(C)c1C(F)(F)F. The predicted octanol–water partition coefficient (Wildman–Crippen LogP) is 4.89. The first-order valence-corrected chi connectivity index (χ1v) is 9.58. The molecule has 1 aromatic carbocycles. The molecule has 0 unspecified atom stereocenters. The molecular formula is C21H19F4N7. The van der Waals surface area contributed by atoms with Gasteiger partial charge in [-0.3, -0.25) is 4.68 Å². The number of nitrogens with one attached hydrogen (secondary N) is 1. The Kier molecular flexibility index (Phi) is 5.19. The van der Waals surface area contributed by atoms with Gasteiger partial charge in [0, 0.05) is 24.2 Å². The van der Waals surface area contributed by atoms with E-state index >= 15 is 0 Å². The maximum atomic E-state index is 13.3. The number of benzene rings is 1. The van der Waals surface area contributed by atoms with Crippen molar-refractivity contribution in [1.82, 2.24) is 29.5 Å². The number of alkyl halides is 3. The van der Waals surface area contributed by atoms with Crippen LogP contribution in [0.5, 0.6) is 0 Å². The second kappa shape index (κ2) is 7.74. The van der Waals surface area contributed by atoms with Crippen LogP contribution >= 0.6 is 0 Å². The number of rotatable bonds is 4. The Morgan fingerprint density at radius 3 is 2.28 bits per heavy atom. The molecule has 3 aromatic heterocycles. The summed E-state index contributed by atoms with van der Waals surface area (Å²) in [5.41, 5.74) is 1.40. The lowest BCUT2D eigenvalue weighted by atomic mass is 10.1. The third-order valence-electron chi connectivity index (χ3n) is 5.09. The summed E-state index contributed by atoms with van der Waals surface area (Å²) < 4.78 is 56.0. The van der Waals surface area contributed by atoms with Crippen LogP contribution in [0.4, 0.5) is 29.2 Å². The smallest absolute Gasteiger partial charge is 0.323 e. The molecular weight excluding hydrogens is 426 g/mol. The van der Waals surface area contributed by atoms with Gasteiger partial charge in [-0.1, -0.05) is 0 Å². The molecule has 0 amide bonds. The van der Waals surface area contributed by atoms with Gasteiger partial charge in [-0.05, 0) is 45.0 Å². The summed E-state index contributed by atoms with van der Waals surface area (Å²) in [6.45, 7) is 4.50. The van der Waals surface area contributed by atoms with E-state index in [1.807, 2.05) is 6.92 Å². The summed E-state index contributed by atoms with van der Waals surface area (Å²) in [4.78, 5) is 8.22. The van der Waals surface area contributed by atoms with Gasteiger partial charge in [0.1, 0.15) is 18.0 Å². The van der Waals surface area contributed by atoms with Crippen LogP contribution in [0.25, 0.3) is 17.1 Å². The van der Waals surface area contributed by atoms with Crippen molar-refractivity contribution >= 4 is 11.6 Å². The van der Waals surface area contributed by atoms with E-state index in [0.29, 0.717) is 11.6 Å². The van der Waals surface area contributed by atoms with Crippen molar-refractivity contribution in [3.8, 4) is 17.1 Å². The van der Waals surface area contributed by atoms with Gasteiger partial charge in [-0.15, -0.1) is 0 Å². The maximum absolute atomic E-state index is 13.3. The van der Waals surface area contributed by atoms with Gasteiger partial charge in [0.2, 0.25) is 0 Å². The summed E-state index contributed by atoms with van der Waals surface area (Å²) in [6.07, 6.45) is -3.27. The van der Waals surface area contributed by atoms with Gasteiger partial charge in [-0.25, -0.2) is 19.0 Å². The quantitative estimate of drug-likeness (QED) is 0.453. The molecule has 0 saturated carbocycles. The summed E-state index contributed by atoms with van der Waals surface area (Å²) >= 11 is 0. The lowest BCUT2D eigenvalue weighted by Gasteiger charge is -2.09. The van der Waals surface area contributed by atoms with Crippen LogP contribution in [0.1, 0.15) is 22.5 Å². The zero-order valence-corrected chi connectivity index (χ0v) is 17.7. The number of hydrogen-bond donors (Lipinski definition) is 1. The third-order valence-corrected chi connectivity index (χ3v) is 5.09. The van der Waals surface area contributed by atoms with Crippen LogP contribution in [-0.2, 0) is 13.2 Å². The number of aryl methyl sites for hydroxylation is 2. The predicted molar refractivity (Wildman–Crippen MR) is 110 cm³/mol. The van der Waals surface area contributed by atoms with E-state index in [1.54, 1.807) is 23.9 Å². The van der Waals surface area contributed by atoms with Gasteiger partial charge < -0.3 is 5.32 Å². The van der Waals surface area contributed by atoms with Crippen LogP contribution in [0.15, 0.2) is 36.7 Å². The van der Waals surface area contributed by atoms with Gasteiger partial charge in [0.15, 0.2) is 11.6 Å². The summed E-state index contributed by atoms with van der Waals surface area (Å²) in [7, 11) is 1.76. The minimum absolute atomic E-state index is 0.0627. The number of hydrogen-bond acceptors (Lipinski definition) is 5. The highest BCUT2D eigenvalue weighted by molar-refractivity contribution is 5.71. The Bertz CT molecular complexity index is 1290. The Balaban J connectivity index is 1.68. The van der Waals surface area contributed by atoms with Crippen LogP contribution in [0, 0.1) is 26.6 Å². The molecule has 32 heavy (non-hydrogen) atoms. The average Bonchev–Trinajstić information content (AvgIpc) is 3.17. The van der Waals surface area contributed by atoms with Crippen LogP contribution in [-0.4, -0.2) is 29.5 Å². The van der Waals surface area contributed by atoms with Crippen molar-refractivity contribution in [3.05, 3.63) is 65.0 Å². The van der Waals surface area contributed by atoms with Gasteiger partial charge in [0.05, 0.1) is 22.6 Å². The first-order chi connectivity index (χ1) is 15.1. The summed E-state index contributed by atoms with van der Waals surface area (Å²) in [6, 6.07) is 7.55. The number of aromatic nitrogens is 6. The van der Waals surface area contributed by atoms with E-state index in [0.717, 1.165) is 21.5 Å². The standard InChI is InChI=1S/C21H19F4N7/c1-11-19(14-5-7-15(22)8-6-14)31(4)30-20(11)28-16-9-17(27-10-26-16)32-13(3)18(12(2)29-32)21(23,24)25/h5-10H,1-4H3,(H,26,27,28,30). The van der Waals surface area contributed by atoms with Gasteiger partial charge in [0.25, 0.3) is 0 Å². The number of halogens is 4. The Morgan fingerprint density at radius 2 is 1.66 bits per heavy atom. The molecule has 4 aromatic rings. The monoisotopic (exact) mass is 445 g/mol. The summed E-state index contributed by atoms with van der Waals surface area (Å²) in [5, 5.41) is 11.5. The van der Waals surface area contributed by atoms with E-state index in [9.17, 15) is 17.6 Å². The number of nitrogens with zero attached hydrogens (tertiary/aromatic N) is 6. The van der Waals surface area contributed by atoms with Crippen LogP contribution in [0.2, 0.25) is 0 Å². The topological polar surface area (TPSA) is 73.5 Å². The second-order valence-electron chi connectivity index (χ2n) is 7.29. The third kappa shape index (κ3) is 3.81. The highest BCUT2D eigenvalue weighted by Crippen LogP contribution is 2.35. The fourth-order valence-corrected chi connectivity index (χ4v) is 3.69. The van der Waals surface area contributed by atoms with Crippen molar-refractivity contribution in [2.75, 3.05) is 5.32 Å². The van der Waals surface area contributed by atoms with Gasteiger partial charge >= 0.3 is 6.18 Å². The first kappa shape index (κ1) is 21.5. The highest BCUT2D eigenvalue weighted by atomic mass is 19.4. The van der Waals surface area contributed by atoms with Crippen molar-refractivity contribution in [2.45, 2.75) is 26.9 Å². The molecule has 4 rings (SSSR count). The lowest BCUT2D eigenvalue weighted by molar-refractivity contribution is -0.138. The lowest BCUT2D eigenvalue weighted by Crippen LogP contribution is -2.09. The molecule has 0 atom stereocenters. The zero-order chi connectivity index (χ0) is 23.2. The Labute approximate surface area is 180 Å².